The molecule has 0 saturated heterocycles. The summed E-state index contributed by atoms with van der Waals surface area (Å²) in [4.78, 5) is 35.3. The van der Waals surface area contributed by atoms with Gasteiger partial charge in [0.15, 0.2) is 5.78 Å². The molecule has 1 aromatic carbocycles. The van der Waals surface area contributed by atoms with Gasteiger partial charge in [-0.2, -0.15) is 0 Å². The summed E-state index contributed by atoms with van der Waals surface area (Å²) in [7, 11) is 0. The number of unbranched alkanes of at least 4 members (excludes halogenated alkanes) is 1. The van der Waals surface area contributed by atoms with Gasteiger partial charge >= 0.3 is 6.09 Å². The van der Waals surface area contributed by atoms with Crippen molar-refractivity contribution in [3.63, 3.8) is 0 Å². The fraction of sp³-hybridized carbons (Fsp3) is 0.353. The van der Waals surface area contributed by atoms with E-state index in [0.717, 1.165) is 12.8 Å². The van der Waals surface area contributed by atoms with Crippen molar-refractivity contribution in [1.82, 2.24) is 10.6 Å². The van der Waals surface area contributed by atoms with Crippen LogP contribution in [-0.4, -0.2) is 37.4 Å². The lowest BCUT2D eigenvalue weighted by Gasteiger charge is -2.16. The van der Waals surface area contributed by atoms with Crippen LogP contribution < -0.4 is 10.6 Å². The molecule has 0 unspecified atom stereocenters. The number of hydrogen-bond donors (Lipinski definition) is 2. The van der Waals surface area contributed by atoms with Crippen LogP contribution in [0.15, 0.2) is 36.0 Å². The summed E-state index contributed by atoms with van der Waals surface area (Å²) >= 11 is 0. The molecule has 1 aliphatic rings. The molecule has 0 radical (unpaired) electrons. The van der Waals surface area contributed by atoms with Crippen LogP contribution in [0.2, 0.25) is 0 Å². The number of amides is 1. The van der Waals surface area contributed by atoms with E-state index in [0.29, 0.717) is 36.5 Å². The first-order valence-corrected chi connectivity index (χ1v) is 7.67. The molecule has 0 fully saturated rings. The van der Waals surface area contributed by atoms with Gasteiger partial charge in [-0.3, -0.25) is 9.59 Å². The van der Waals surface area contributed by atoms with Gasteiger partial charge in [-0.1, -0.05) is 24.3 Å². The molecule has 122 valence electrons. The molecule has 2 rings (SSSR count). The third-order valence-electron chi connectivity index (χ3n) is 3.42. The average molecular weight is 316 g/mol. The molecule has 0 heterocycles. The van der Waals surface area contributed by atoms with E-state index in [2.05, 4.69) is 10.6 Å². The maximum atomic E-state index is 12.3. The van der Waals surface area contributed by atoms with Crippen molar-refractivity contribution in [3.05, 3.63) is 47.2 Å². The molecule has 0 spiro atoms. The number of allylic oxidation sites excluding steroid dienone is 2. The van der Waals surface area contributed by atoms with E-state index in [9.17, 15) is 14.4 Å². The van der Waals surface area contributed by atoms with Gasteiger partial charge in [0.2, 0.25) is 5.78 Å². The Labute approximate surface area is 134 Å². The zero-order valence-electron chi connectivity index (χ0n) is 13.1. The topological polar surface area (TPSA) is 84.5 Å². The maximum Gasteiger partial charge on any atom is 0.407 e. The van der Waals surface area contributed by atoms with E-state index >= 15 is 0 Å². The predicted octanol–water partition coefficient (Wildman–Crippen LogP) is 2.07. The largest absolute Gasteiger partial charge is 0.450 e. The van der Waals surface area contributed by atoms with Gasteiger partial charge in [0.25, 0.3) is 0 Å². The lowest BCUT2D eigenvalue weighted by atomic mass is 9.93. The second-order valence-corrected chi connectivity index (χ2v) is 5.08. The van der Waals surface area contributed by atoms with E-state index in [4.69, 9.17) is 4.74 Å². The number of carbonyl (C=O) groups excluding carboxylic acids is 3. The van der Waals surface area contributed by atoms with Gasteiger partial charge in [0.05, 0.1) is 12.3 Å². The Kier molecular flexibility index (Phi) is 5.91. The minimum atomic E-state index is -0.423. The van der Waals surface area contributed by atoms with Gasteiger partial charge in [-0.25, -0.2) is 4.79 Å². The molecule has 1 aromatic rings. The van der Waals surface area contributed by atoms with Crippen LogP contribution >= 0.6 is 0 Å². The number of alkyl carbamates (subject to hydrolysis) is 1. The van der Waals surface area contributed by atoms with Crippen molar-refractivity contribution >= 4 is 17.7 Å². The first kappa shape index (κ1) is 16.7. The second-order valence-electron chi connectivity index (χ2n) is 5.08. The zero-order valence-corrected chi connectivity index (χ0v) is 13.1. The molecule has 2 N–H and O–H groups in total. The molecule has 6 heteroatoms. The van der Waals surface area contributed by atoms with Crippen LogP contribution in [0.25, 0.3) is 0 Å². The highest BCUT2D eigenvalue weighted by Gasteiger charge is 2.24. The summed E-state index contributed by atoms with van der Waals surface area (Å²) < 4.78 is 4.75. The number of rotatable bonds is 7. The minimum Gasteiger partial charge on any atom is -0.450 e. The average Bonchev–Trinajstić information content (AvgIpc) is 2.55. The van der Waals surface area contributed by atoms with Gasteiger partial charge in [-0.15, -0.1) is 0 Å². The summed E-state index contributed by atoms with van der Waals surface area (Å²) in [5, 5.41) is 5.63. The molecule has 0 saturated carbocycles. The third kappa shape index (κ3) is 4.42. The third-order valence-corrected chi connectivity index (χ3v) is 3.42. The maximum absolute atomic E-state index is 12.3. The summed E-state index contributed by atoms with van der Waals surface area (Å²) in [6.45, 7) is 3.16. The van der Waals surface area contributed by atoms with Crippen molar-refractivity contribution < 1.29 is 19.1 Å². The smallest absolute Gasteiger partial charge is 0.407 e. The summed E-state index contributed by atoms with van der Waals surface area (Å²) in [5.74, 6) is -0.323. The lowest BCUT2D eigenvalue weighted by molar-refractivity contribution is 0.0978. The van der Waals surface area contributed by atoms with E-state index in [-0.39, 0.29) is 11.6 Å². The van der Waals surface area contributed by atoms with E-state index in [1.54, 1.807) is 31.2 Å². The minimum absolute atomic E-state index is 0.160. The zero-order chi connectivity index (χ0) is 16.7. The Balaban J connectivity index is 1.76. The molecule has 23 heavy (non-hydrogen) atoms. The van der Waals surface area contributed by atoms with Crippen LogP contribution in [0.1, 0.15) is 40.5 Å². The van der Waals surface area contributed by atoms with Crippen LogP contribution in [-0.2, 0) is 4.74 Å². The summed E-state index contributed by atoms with van der Waals surface area (Å²) in [5.41, 5.74) is 1.21. The van der Waals surface area contributed by atoms with Gasteiger partial charge in [0, 0.05) is 30.3 Å². The van der Waals surface area contributed by atoms with Crippen molar-refractivity contribution in [3.8, 4) is 0 Å². The Morgan fingerprint density at radius 2 is 1.78 bits per heavy atom. The Morgan fingerprint density at radius 3 is 2.52 bits per heavy atom. The van der Waals surface area contributed by atoms with Crippen molar-refractivity contribution in [2.75, 3.05) is 19.7 Å². The van der Waals surface area contributed by atoms with Gasteiger partial charge < -0.3 is 15.4 Å². The van der Waals surface area contributed by atoms with Crippen molar-refractivity contribution in [2.24, 2.45) is 0 Å². The van der Waals surface area contributed by atoms with E-state index in [1.807, 2.05) is 0 Å². The number of ketones is 2. The molecular formula is C17H20N2O4. The number of carbonyl (C=O) groups is 3. The number of Topliss-reactive ketones (excluding diaryl/α,β-unsaturated/α-hetero) is 1. The summed E-state index contributed by atoms with van der Waals surface area (Å²) in [6.07, 6.45) is 2.43. The molecule has 0 aromatic heterocycles. The molecule has 1 amide bonds. The van der Waals surface area contributed by atoms with Crippen LogP contribution in [0.4, 0.5) is 4.79 Å². The lowest BCUT2D eigenvalue weighted by Crippen LogP contribution is -2.28. The van der Waals surface area contributed by atoms with E-state index in [1.165, 1.54) is 6.08 Å². The molecular weight excluding hydrogens is 296 g/mol. The number of fused-ring (bicyclic) bond motifs is 1. The number of hydrogen-bond acceptors (Lipinski definition) is 5. The fourth-order valence-corrected chi connectivity index (χ4v) is 2.29. The molecule has 1 aliphatic carbocycles. The predicted molar refractivity (Wildman–Crippen MR) is 85.4 cm³/mol. The molecule has 0 atom stereocenters. The highest BCUT2D eigenvalue weighted by Crippen LogP contribution is 2.19. The summed E-state index contributed by atoms with van der Waals surface area (Å²) in [6, 6.07) is 6.80. The quantitative estimate of drug-likeness (QED) is 0.752. The van der Waals surface area contributed by atoms with Crippen LogP contribution in [0, 0.1) is 0 Å². The highest BCUT2D eigenvalue weighted by atomic mass is 16.5. The molecule has 6 nitrogen and oxygen atoms in total. The fourth-order valence-electron chi connectivity index (χ4n) is 2.29. The Hall–Kier alpha value is -2.63. The van der Waals surface area contributed by atoms with Crippen LogP contribution in [0.5, 0.6) is 0 Å². The van der Waals surface area contributed by atoms with Gasteiger partial charge in [-0.05, 0) is 19.8 Å². The number of nitrogens with one attached hydrogen (secondary N) is 2. The number of benzene rings is 1. The van der Waals surface area contributed by atoms with Crippen LogP contribution in [0.3, 0.4) is 0 Å². The Morgan fingerprint density at radius 1 is 1.09 bits per heavy atom. The second kappa shape index (κ2) is 8.12. The highest BCUT2D eigenvalue weighted by molar-refractivity contribution is 6.24. The first-order chi connectivity index (χ1) is 11.1. The SMILES string of the molecule is CCOC(=O)NCCCCNC1=CC(=O)c2ccccc2C1=O. The van der Waals surface area contributed by atoms with Gasteiger partial charge in [0.1, 0.15) is 0 Å². The standard InChI is InChI=1S/C17H20N2O4/c1-2-23-17(22)19-10-6-5-9-18-14-11-15(20)12-7-3-4-8-13(12)16(14)21/h3-4,7-8,11,18H,2,5-6,9-10H2,1H3,(H,19,22). The first-order valence-electron chi connectivity index (χ1n) is 7.67. The van der Waals surface area contributed by atoms with E-state index < -0.39 is 6.09 Å². The Bertz CT molecular complexity index is 637. The van der Waals surface area contributed by atoms with Crippen molar-refractivity contribution in [1.29, 1.82) is 0 Å². The van der Waals surface area contributed by atoms with Crippen molar-refractivity contribution in [2.45, 2.75) is 19.8 Å². The number of ether oxygens (including phenoxy) is 1. The monoisotopic (exact) mass is 316 g/mol. The normalized spacial score (nSPS) is 13.2. The molecule has 0 aliphatic heterocycles. The molecule has 0 bridgehead atoms.